The van der Waals surface area contributed by atoms with Gasteiger partial charge in [0.1, 0.15) is 6.61 Å². The molecule has 0 bridgehead atoms. The van der Waals surface area contributed by atoms with Gasteiger partial charge in [0.15, 0.2) is 0 Å². The van der Waals surface area contributed by atoms with Crippen LogP contribution in [0.15, 0.2) is 24.3 Å². The standard InChI is InChI=1S/C22H42O2.C6H10O3/c1-4-5-6-7-8-9-10-11-12-13-14-15-16-17-18-19-20-24-22(23)21(2)3;1-5(2)6(8)9-4-3-7/h2,4-20H2,1,3H3;7H,1,3-4H2,2H3. The largest absolute Gasteiger partial charge is 0.462 e. The summed E-state index contributed by atoms with van der Waals surface area (Å²) >= 11 is 0. The maximum Gasteiger partial charge on any atom is 0.333 e. The van der Waals surface area contributed by atoms with E-state index >= 15 is 0 Å². The van der Waals surface area contributed by atoms with Crippen molar-refractivity contribution >= 4 is 11.9 Å². The van der Waals surface area contributed by atoms with E-state index in [1.54, 1.807) is 13.8 Å². The molecule has 0 radical (unpaired) electrons. The Hall–Kier alpha value is -1.62. The molecule has 0 rings (SSSR count). The maximum absolute atomic E-state index is 11.2. The molecule has 0 aromatic carbocycles. The normalized spacial score (nSPS) is 10.2. The summed E-state index contributed by atoms with van der Waals surface area (Å²) in [4.78, 5) is 21.7. The molecular formula is C28H52O5. The summed E-state index contributed by atoms with van der Waals surface area (Å²) in [6.07, 6.45) is 21.7. The fraction of sp³-hybridized carbons (Fsp3) is 0.786. The smallest absolute Gasteiger partial charge is 0.333 e. The highest BCUT2D eigenvalue weighted by atomic mass is 16.5. The van der Waals surface area contributed by atoms with Gasteiger partial charge in [0.2, 0.25) is 0 Å². The Morgan fingerprint density at radius 1 is 0.576 bits per heavy atom. The summed E-state index contributed by atoms with van der Waals surface area (Å²) in [7, 11) is 0. The third-order valence-electron chi connectivity index (χ3n) is 5.25. The lowest BCUT2D eigenvalue weighted by atomic mass is 10.0. The fourth-order valence-electron chi connectivity index (χ4n) is 3.20. The van der Waals surface area contributed by atoms with Gasteiger partial charge in [0.05, 0.1) is 13.2 Å². The van der Waals surface area contributed by atoms with Gasteiger partial charge in [-0.1, -0.05) is 116 Å². The van der Waals surface area contributed by atoms with E-state index in [1.165, 1.54) is 96.3 Å². The lowest BCUT2D eigenvalue weighted by Gasteiger charge is -2.05. The number of hydrogen-bond donors (Lipinski definition) is 1. The van der Waals surface area contributed by atoms with Crippen LogP contribution in [0.5, 0.6) is 0 Å². The molecule has 0 saturated heterocycles. The Morgan fingerprint density at radius 2 is 0.879 bits per heavy atom. The van der Waals surface area contributed by atoms with Crippen molar-refractivity contribution < 1.29 is 24.2 Å². The number of unbranched alkanes of at least 4 members (excludes halogenated alkanes) is 15. The Balaban J connectivity index is 0. The van der Waals surface area contributed by atoms with Crippen molar-refractivity contribution in [2.45, 2.75) is 124 Å². The van der Waals surface area contributed by atoms with Crippen molar-refractivity contribution in [1.82, 2.24) is 0 Å². The van der Waals surface area contributed by atoms with Gasteiger partial charge in [-0.25, -0.2) is 9.59 Å². The van der Waals surface area contributed by atoms with Crippen molar-refractivity contribution in [3.05, 3.63) is 24.3 Å². The van der Waals surface area contributed by atoms with Crippen molar-refractivity contribution in [2.24, 2.45) is 0 Å². The van der Waals surface area contributed by atoms with Gasteiger partial charge >= 0.3 is 11.9 Å². The minimum absolute atomic E-state index is 0.0473. The molecule has 33 heavy (non-hydrogen) atoms. The zero-order chi connectivity index (χ0) is 25.2. The number of carbonyl (C=O) groups excluding carboxylic acids is 2. The van der Waals surface area contributed by atoms with Crippen molar-refractivity contribution in [3.8, 4) is 0 Å². The highest BCUT2D eigenvalue weighted by molar-refractivity contribution is 5.87. The molecule has 0 fully saturated rings. The second-order valence-electron chi connectivity index (χ2n) is 8.86. The molecule has 0 aliphatic heterocycles. The summed E-state index contributed by atoms with van der Waals surface area (Å²) in [6.45, 7) is 12.9. The summed E-state index contributed by atoms with van der Waals surface area (Å²) in [5.41, 5.74) is 0.843. The van der Waals surface area contributed by atoms with Gasteiger partial charge in [0.25, 0.3) is 0 Å². The molecule has 0 aliphatic carbocycles. The van der Waals surface area contributed by atoms with E-state index in [0.29, 0.717) is 17.8 Å². The predicted molar refractivity (Wildman–Crippen MR) is 138 cm³/mol. The van der Waals surface area contributed by atoms with E-state index in [-0.39, 0.29) is 19.2 Å². The molecule has 0 saturated carbocycles. The van der Waals surface area contributed by atoms with Crippen molar-refractivity contribution in [3.63, 3.8) is 0 Å². The first-order valence-electron chi connectivity index (χ1n) is 13.1. The van der Waals surface area contributed by atoms with Gasteiger partial charge < -0.3 is 14.6 Å². The van der Waals surface area contributed by atoms with Crippen molar-refractivity contribution in [1.29, 1.82) is 0 Å². The van der Waals surface area contributed by atoms with Gasteiger partial charge in [-0.2, -0.15) is 0 Å². The predicted octanol–water partition coefficient (Wildman–Crippen LogP) is 7.47. The molecule has 0 aromatic heterocycles. The lowest BCUT2D eigenvalue weighted by Crippen LogP contribution is -2.08. The molecule has 194 valence electrons. The fourth-order valence-corrected chi connectivity index (χ4v) is 3.20. The lowest BCUT2D eigenvalue weighted by molar-refractivity contribution is -0.140. The van der Waals surface area contributed by atoms with Crippen LogP contribution in [0.1, 0.15) is 124 Å². The van der Waals surface area contributed by atoms with Crippen LogP contribution in [0, 0.1) is 0 Å². The minimum Gasteiger partial charge on any atom is -0.462 e. The summed E-state index contributed by atoms with van der Waals surface area (Å²) in [5.74, 6) is -0.708. The Bertz CT molecular complexity index is 499. The molecule has 0 amide bonds. The molecule has 0 aliphatic rings. The van der Waals surface area contributed by atoms with Gasteiger partial charge in [-0.15, -0.1) is 0 Å². The number of ether oxygens (including phenoxy) is 2. The molecule has 0 atom stereocenters. The SMILES string of the molecule is C=C(C)C(=O)OCCCCCCCCCCCCCCCCCC.C=C(C)C(=O)OCCO. The van der Waals surface area contributed by atoms with Crippen LogP contribution in [0.25, 0.3) is 0 Å². The third-order valence-corrected chi connectivity index (χ3v) is 5.25. The molecule has 0 aromatic rings. The number of aliphatic hydroxyl groups excluding tert-OH is 1. The summed E-state index contributed by atoms with van der Waals surface area (Å²) in [6, 6.07) is 0. The first-order chi connectivity index (χ1) is 15.9. The number of hydrogen-bond acceptors (Lipinski definition) is 5. The second kappa shape index (κ2) is 26.6. The van der Waals surface area contributed by atoms with E-state index in [2.05, 4.69) is 24.8 Å². The third kappa shape index (κ3) is 28.3. The Morgan fingerprint density at radius 3 is 1.18 bits per heavy atom. The van der Waals surface area contributed by atoms with E-state index in [0.717, 1.165) is 6.42 Å². The van der Waals surface area contributed by atoms with Gasteiger partial charge in [-0.05, 0) is 20.3 Å². The van der Waals surface area contributed by atoms with Crippen LogP contribution in [0.2, 0.25) is 0 Å². The Kier molecular flexibility index (Phi) is 27.1. The quantitative estimate of drug-likeness (QED) is 0.107. The van der Waals surface area contributed by atoms with E-state index < -0.39 is 5.97 Å². The summed E-state index contributed by atoms with van der Waals surface area (Å²) < 4.78 is 9.55. The molecule has 0 spiro atoms. The maximum atomic E-state index is 11.2. The topological polar surface area (TPSA) is 72.8 Å². The van der Waals surface area contributed by atoms with E-state index in [4.69, 9.17) is 9.84 Å². The Labute approximate surface area is 204 Å². The van der Waals surface area contributed by atoms with Crippen LogP contribution in [0.4, 0.5) is 0 Å². The van der Waals surface area contributed by atoms with Crippen LogP contribution < -0.4 is 0 Å². The monoisotopic (exact) mass is 468 g/mol. The average Bonchev–Trinajstić information content (AvgIpc) is 2.79. The van der Waals surface area contributed by atoms with Crippen LogP contribution in [-0.2, 0) is 19.1 Å². The zero-order valence-electron chi connectivity index (χ0n) is 21.9. The number of esters is 2. The summed E-state index contributed by atoms with van der Waals surface area (Å²) in [5, 5.41) is 8.19. The number of aliphatic hydroxyl groups is 1. The molecule has 1 N–H and O–H groups in total. The van der Waals surface area contributed by atoms with Gasteiger partial charge in [0, 0.05) is 11.1 Å². The van der Waals surface area contributed by atoms with Crippen LogP contribution >= 0.6 is 0 Å². The highest BCUT2D eigenvalue weighted by Crippen LogP contribution is 2.13. The van der Waals surface area contributed by atoms with Crippen LogP contribution in [-0.4, -0.2) is 36.9 Å². The first kappa shape index (κ1) is 33.6. The molecule has 0 unspecified atom stereocenters. The second-order valence-corrected chi connectivity index (χ2v) is 8.86. The number of carbonyl (C=O) groups is 2. The van der Waals surface area contributed by atoms with Gasteiger partial charge in [-0.3, -0.25) is 0 Å². The molecule has 5 nitrogen and oxygen atoms in total. The molecule has 0 heterocycles. The van der Waals surface area contributed by atoms with Crippen LogP contribution in [0.3, 0.4) is 0 Å². The van der Waals surface area contributed by atoms with Crippen molar-refractivity contribution in [2.75, 3.05) is 19.8 Å². The average molecular weight is 469 g/mol. The molecule has 5 heteroatoms. The van der Waals surface area contributed by atoms with E-state index in [1.807, 2.05) is 0 Å². The minimum atomic E-state index is -0.455. The zero-order valence-corrected chi connectivity index (χ0v) is 21.9. The molecular weight excluding hydrogens is 416 g/mol. The number of rotatable bonds is 21. The highest BCUT2D eigenvalue weighted by Gasteiger charge is 2.02. The first-order valence-corrected chi connectivity index (χ1v) is 13.1. The van der Waals surface area contributed by atoms with E-state index in [9.17, 15) is 9.59 Å².